The molecule has 0 bridgehead atoms. The summed E-state index contributed by atoms with van der Waals surface area (Å²) in [6, 6.07) is 9.15. The van der Waals surface area contributed by atoms with E-state index in [1.165, 1.54) is 43.4 Å². The first-order valence-corrected chi connectivity index (χ1v) is 6.13. The fraction of sp³-hybridized carbons (Fsp3) is 0.571. The molecule has 0 amide bonds. The first kappa shape index (κ1) is 9.41. The van der Waals surface area contributed by atoms with E-state index in [2.05, 4.69) is 36.5 Å². The van der Waals surface area contributed by atoms with Crippen molar-refractivity contribution in [2.75, 3.05) is 6.54 Å². The maximum Gasteiger partial charge on any atom is 0.0463 e. The van der Waals surface area contributed by atoms with Crippen molar-refractivity contribution in [3.05, 3.63) is 35.4 Å². The highest BCUT2D eigenvalue weighted by atomic mass is 15.0. The number of rotatable bonds is 2. The average Bonchev–Trinajstić information content (AvgIpc) is 3.00. The summed E-state index contributed by atoms with van der Waals surface area (Å²) >= 11 is 0. The number of hydrogen-bond donors (Lipinski definition) is 1. The highest BCUT2D eigenvalue weighted by molar-refractivity contribution is 5.31. The van der Waals surface area contributed by atoms with Crippen LogP contribution in [0.3, 0.4) is 0 Å². The molecule has 1 saturated carbocycles. The van der Waals surface area contributed by atoms with Crippen LogP contribution < -0.4 is 5.32 Å². The predicted octanol–water partition coefficient (Wildman–Crippen LogP) is 2.98. The molecule has 1 aromatic rings. The molecule has 1 unspecified atom stereocenters. The lowest BCUT2D eigenvalue weighted by Gasteiger charge is -2.30. The van der Waals surface area contributed by atoms with Crippen LogP contribution >= 0.6 is 0 Å². The molecule has 0 aromatic heterocycles. The molecule has 15 heavy (non-hydrogen) atoms. The van der Waals surface area contributed by atoms with E-state index in [1.54, 1.807) is 0 Å². The first-order chi connectivity index (χ1) is 7.31. The van der Waals surface area contributed by atoms with Crippen molar-refractivity contribution in [2.24, 2.45) is 5.92 Å². The lowest BCUT2D eigenvalue weighted by molar-refractivity contribution is 0.336. The van der Waals surface area contributed by atoms with Gasteiger partial charge in [-0.15, -0.1) is 0 Å². The molecule has 2 aliphatic rings. The molecule has 0 spiro atoms. The minimum absolute atomic E-state index is 0.341. The van der Waals surface area contributed by atoms with Crippen LogP contribution in [0.25, 0.3) is 0 Å². The zero-order chi connectivity index (χ0) is 10.3. The third-order valence-electron chi connectivity index (χ3n) is 4.03. The Morgan fingerprint density at radius 3 is 2.47 bits per heavy atom. The summed E-state index contributed by atoms with van der Waals surface area (Å²) in [7, 11) is 0. The van der Waals surface area contributed by atoms with E-state index in [9.17, 15) is 0 Å². The predicted molar refractivity (Wildman–Crippen MR) is 62.8 cm³/mol. The maximum absolute atomic E-state index is 3.77. The van der Waals surface area contributed by atoms with Crippen molar-refractivity contribution in [1.29, 1.82) is 0 Å². The molecule has 1 aliphatic heterocycles. The lowest BCUT2D eigenvalue weighted by atomic mass is 9.83. The Labute approximate surface area is 91.9 Å². The zero-order valence-electron chi connectivity index (χ0n) is 9.42. The summed E-state index contributed by atoms with van der Waals surface area (Å²) in [5.41, 5.74) is 3.23. The average molecular weight is 201 g/mol. The van der Waals surface area contributed by atoms with Crippen LogP contribution in [0.5, 0.6) is 0 Å². The fourth-order valence-electron chi connectivity index (χ4n) is 3.02. The molecular formula is C14H19N. The molecular weight excluding hydrogens is 182 g/mol. The van der Waals surface area contributed by atoms with Gasteiger partial charge in [0.1, 0.15) is 0 Å². The number of nitrogens with one attached hydrogen (secondary N) is 1. The summed E-state index contributed by atoms with van der Waals surface area (Å²) in [4.78, 5) is 0. The van der Waals surface area contributed by atoms with Gasteiger partial charge in [-0.05, 0) is 50.6 Å². The van der Waals surface area contributed by atoms with Crippen LogP contribution in [0.1, 0.15) is 36.8 Å². The summed E-state index contributed by atoms with van der Waals surface area (Å²) in [5, 5.41) is 3.77. The second kappa shape index (κ2) is 3.34. The van der Waals surface area contributed by atoms with Gasteiger partial charge in [0.05, 0.1) is 0 Å². The van der Waals surface area contributed by atoms with Crippen LogP contribution in [0.4, 0.5) is 0 Å². The highest BCUT2D eigenvalue weighted by Crippen LogP contribution is 2.50. The second-order valence-corrected chi connectivity index (χ2v) is 5.14. The number of benzene rings is 1. The molecule has 1 nitrogen and oxygen atoms in total. The summed E-state index contributed by atoms with van der Waals surface area (Å²) < 4.78 is 0. The molecule has 1 N–H and O–H groups in total. The monoisotopic (exact) mass is 201 g/mol. The Hall–Kier alpha value is -0.820. The van der Waals surface area contributed by atoms with Gasteiger partial charge in [-0.25, -0.2) is 0 Å². The van der Waals surface area contributed by atoms with Crippen LogP contribution in [0.15, 0.2) is 24.3 Å². The van der Waals surface area contributed by atoms with Gasteiger partial charge in [-0.2, -0.15) is 0 Å². The van der Waals surface area contributed by atoms with E-state index in [-0.39, 0.29) is 0 Å². The standard InChI is InChI=1S/C14H19N/c1-11-3-5-12(6-4-11)14(13-7-8-13)9-2-10-15-14/h3-6,13,15H,2,7-10H2,1H3. The Kier molecular flexibility index (Phi) is 2.10. The van der Waals surface area contributed by atoms with Crippen molar-refractivity contribution in [1.82, 2.24) is 5.32 Å². The van der Waals surface area contributed by atoms with Crippen molar-refractivity contribution < 1.29 is 0 Å². The van der Waals surface area contributed by atoms with Crippen molar-refractivity contribution in [2.45, 2.75) is 38.1 Å². The minimum atomic E-state index is 0.341. The molecule has 0 radical (unpaired) electrons. The Balaban J connectivity index is 1.97. The third-order valence-corrected chi connectivity index (χ3v) is 4.03. The van der Waals surface area contributed by atoms with Gasteiger partial charge in [-0.3, -0.25) is 0 Å². The Morgan fingerprint density at radius 1 is 1.20 bits per heavy atom. The largest absolute Gasteiger partial charge is 0.307 e. The van der Waals surface area contributed by atoms with Crippen LogP contribution in [0, 0.1) is 12.8 Å². The fourth-order valence-corrected chi connectivity index (χ4v) is 3.02. The van der Waals surface area contributed by atoms with E-state index in [0.29, 0.717) is 5.54 Å². The van der Waals surface area contributed by atoms with Crippen LogP contribution in [-0.2, 0) is 5.54 Å². The van der Waals surface area contributed by atoms with Crippen molar-refractivity contribution in [3.8, 4) is 0 Å². The highest BCUT2D eigenvalue weighted by Gasteiger charge is 2.47. The minimum Gasteiger partial charge on any atom is -0.307 e. The van der Waals surface area contributed by atoms with Crippen molar-refractivity contribution >= 4 is 0 Å². The molecule has 3 rings (SSSR count). The molecule has 2 fully saturated rings. The lowest BCUT2D eigenvalue weighted by Crippen LogP contribution is -2.38. The Morgan fingerprint density at radius 2 is 1.93 bits per heavy atom. The Bertz CT molecular complexity index is 342. The molecule has 80 valence electrons. The van der Waals surface area contributed by atoms with E-state index in [0.717, 1.165) is 5.92 Å². The van der Waals surface area contributed by atoms with Crippen LogP contribution in [0.2, 0.25) is 0 Å². The summed E-state index contributed by atoms with van der Waals surface area (Å²) in [5.74, 6) is 0.905. The van der Waals surface area contributed by atoms with Gasteiger partial charge < -0.3 is 5.32 Å². The molecule has 1 aliphatic carbocycles. The molecule has 1 aromatic carbocycles. The normalized spacial score (nSPS) is 30.7. The van der Waals surface area contributed by atoms with Gasteiger partial charge in [0.25, 0.3) is 0 Å². The molecule has 1 saturated heterocycles. The topological polar surface area (TPSA) is 12.0 Å². The van der Waals surface area contributed by atoms with Gasteiger partial charge in [-0.1, -0.05) is 29.8 Å². The smallest absolute Gasteiger partial charge is 0.0463 e. The van der Waals surface area contributed by atoms with E-state index in [1.807, 2.05) is 0 Å². The molecule has 1 heterocycles. The summed E-state index contributed by atoms with van der Waals surface area (Å²) in [6.07, 6.45) is 5.51. The molecule has 1 atom stereocenters. The quantitative estimate of drug-likeness (QED) is 0.775. The number of hydrogen-bond acceptors (Lipinski definition) is 1. The van der Waals surface area contributed by atoms with E-state index >= 15 is 0 Å². The molecule has 1 heteroatoms. The van der Waals surface area contributed by atoms with Gasteiger partial charge in [0.15, 0.2) is 0 Å². The number of aryl methyl sites for hydroxylation is 1. The van der Waals surface area contributed by atoms with Gasteiger partial charge in [0, 0.05) is 5.54 Å². The van der Waals surface area contributed by atoms with Gasteiger partial charge >= 0.3 is 0 Å². The third kappa shape index (κ3) is 1.50. The zero-order valence-corrected chi connectivity index (χ0v) is 9.42. The van der Waals surface area contributed by atoms with Crippen molar-refractivity contribution in [3.63, 3.8) is 0 Å². The van der Waals surface area contributed by atoms with Gasteiger partial charge in [0.2, 0.25) is 0 Å². The summed E-state index contributed by atoms with van der Waals surface area (Å²) in [6.45, 7) is 3.36. The second-order valence-electron chi connectivity index (χ2n) is 5.14. The van der Waals surface area contributed by atoms with E-state index < -0.39 is 0 Å². The SMILES string of the molecule is Cc1ccc(C2(C3CC3)CCCN2)cc1. The van der Waals surface area contributed by atoms with Crippen LogP contribution in [-0.4, -0.2) is 6.54 Å². The first-order valence-electron chi connectivity index (χ1n) is 6.13. The van der Waals surface area contributed by atoms with E-state index in [4.69, 9.17) is 0 Å². The maximum atomic E-state index is 3.77.